The molecule has 2 nitrogen and oxygen atoms in total. The van der Waals surface area contributed by atoms with E-state index in [-0.39, 0.29) is 11.5 Å². The number of carbonyl (C=O) groups is 1. The highest BCUT2D eigenvalue weighted by molar-refractivity contribution is 7.99. The van der Waals surface area contributed by atoms with Crippen molar-refractivity contribution in [2.75, 3.05) is 5.75 Å². The predicted molar refractivity (Wildman–Crippen MR) is 40.4 cm³/mol. The Morgan fingerprint density at radius 3 is 2.56 bits per heavy atom. The highest BCUT2D eigenvalue weighted by Gasteiger charge is 2.23. The average molecular weight is 184 g/mol. The highest BCUT2D eigenvalue weighted by Crippen LogP contribution is 2.18. The number of hydrogen-bond acceptors (Lipinski definition) is 3. The zero-order valence-corrected chi connectivity index (χ0v) is 6.63. The molecule has 1 aliphatic rings. The first-order chi connectivity index (χ1) is 4.22. The topological polar surface area (TPSA) is 29.4 Å². The first-order valence-corrected chi connectivity index (χ1v) is 4.04. The van der Waals surface area contributed by atoms with E-state index in [0.717, 1.165) is 0 Å². The van der Waals surface area contributed by atoms with Gasteiger partial charge >= 0.3 is 0 Å². The molecule has 50 valence electrons. The van der Waals surface area contributed by atoms with E-state index in [2.05, 4.69) is 4.40 Å². The van der Waals surface area contributed by atoms with Crippen molar-refractivity contribution in [3.05, 3.63) is 0 Å². The van der Waals surface area contributed by atoms with E-state index in [4.69, 9.17) is 23.2 Å². The Morgan fingerprint density at radius 2 is 2.33 bits per heavy atom. The summed E-state index contributed by atoms with van der Waals surface area (Å²) in [6.07, 6.45) is 0. The number of carbonyl (C=O) groups excluding carboxylic acids is 1. The molecule has 0 atom stereocenters. The average Bonchev–Trinajstić information content (AvgIpc) is 2.13. The van der Waals surface area contributed by atoms with Crippen LogP contribution in [0.15, 0.2) is 4.40 Å². The normalized spacial score (nSPS) is 19.0. The third-order valence-electron chi connectivity index (χ3n) is 0.851. The second-order valence-corrected chi connectivity index (χ2v) is 3.30. The minimum atomic E-state index is -0.757. The number of ketones is 1. The Balaban J connectivity index is 2.68. The van der Waals surface area contributed by atoms with Gasteiger partial charge in [0.25, 0.3) is 0 Å². The van der Waals surface area contributed by atoms with Crippen LogP contribution in [0.25, 0.3) is 0 Å². The van der Waals surface area contributed by atoms with Gasteiger partial charge in [-0.25, -0.2) is 4.40 Å². The molecule has 9 heavy (non-hydrogen) atoms. The second-order valence-electron chi connectivity index (χ2n) is 1.47. The second kappa shape index (κ2) is 2.90. The Labute approximate surface area is 66.8 Å². The van der Waals surface area contributed by atoms with Crippen LogP contribution < -0.4 is 0 Å². The summed E-state index contributed by atoms with van der Waals surface area (Å²) < 4.78 is 3.74. The molecule has 1 rings (SSSR count). The number of hydrogen-bond donors (Lipinski definition) is 0. The molecule has 0 aromatic heterocycles. The standard InChI is InChI=1S/C4H3Cl2NOS/c5-4(6)3-2(8)1-9-7-3/h4H,1H2. The lowest BCUT2D eigenvalue weighted by molar-refractivity contribution is -0.110. The minimum absolute atomic E-state index is 0.0602. The number of halogens is 2. The zero-order valence-electron chi connectivity index (χ0n) is 4.30. The van der Waals surface area contributed by atoms with Crippen molar-refractivity contribution in [1.29, 1.82) is 0 Å². The van der Waals surface area contributed by atoms with Gasteiger partial charge in [0.05, 0.1) is 5.75 Å². The van der Waals surface area contributed by atoms with Gasteiger partial charge in [0.1, 0.15) is 5.71 Å². The molecular weight excluding hydrogens is 181 g/mol. The van der Waals surface area contributed by atoms with Gasteiger partial charge in [0.15, 0.2) is 10.6 Å². The van der Waals surface area contributed by atoms with Crippen molar-refractivity contribution in [1.82, 2.24) is 0 Å². The number of Topliss-reactive ketones (excluding diaryl/α,β-unsaturated/α-hetero) is 1. The van der Waals surface area contributed by atoms with E-state index in [1.54, 1.807) is 0 Å². The molecule has 0 saturated heterocycles. The first-order valence-electron chi connectivity index (χ1n) is 2.23. The maximum atomic E-state index is 10.7. The fourth-order valence-corrected chi connectivity index (χ4v) is 1.58. The third-order valence-corrected chi connectivity index (χ3v) is 1.98. The van der Waals surface area contributed by atoms with E-state index in [1.165, 1.54) is 11.9 Å². The maximum Gasteiger partial charge on any atom is 0.192 e. The maximum absolute atomic E-state index is 10.7. The summed E-state index contributed by atoms with van der Waals surface area (Å²) >= 11 is 11.9. The van der Waals surface area contributed by atoms with Crippen LogP contribution in [0.5, 0.6) is 0 Å². The van der Waals surface area contributed by atoms with E-state index in [9.17, 15) is 4.79 Å². The minimum Gasteiger partial charge on any atom is -0.292 e. The Kier molecular flexibility index (Phi) is 2.38. The number of nitrogens with zero attached hydrogens (tertiary/aromatic N) is 1. The van der Waals surface area contributed by atoms with Gasteiger partial charge in [-0.3, -0.25) is 4.79 Å². The van der Waals surface area contributed by atoms with Crippen LogP contribution in [0.1, 0.15) is 0 Å². The van der Waals surface area contributed by atoms with Crippen molar-refractivity contribution < 1.29 is 4.79 Å². The lowest BCUT2D eigenvalue weighted by Crippen LogP contribution is -2.17. The third kappa shape index (κ3) is 1.60. The number of alkyl halides is 2. The monoisotopic (exact) mass is 183 g/mol. The van der Waals surface area contributed by atoms with Gasteiger partial charge < -0.3 is 0 Å². The molecule has 0 saturated carbocycles. The summed E-state index contributed by atoms with van der Waals surface area (Å²) in [6, 6.07) is 0. The summed E-state index contributed by atoms with van der Waals surface area (Å²) in [6.45, 7) is 0. The SMILES string of the molecule is O=C1CSN=C1C(Cl)Cl. The van der Waals surface area contributed by atoms with Gasteiger partial charge in [0.2, 0.25) is 0 Å². The first kappa shape index (κ1) is 7.38. The molecule has 0 aromatic rings. The molecule has 1 aliphatic heterocycles. The van der Waals surface area contributed by atoms with Crippen LogP contribution >= 0.6 is 35.1 Å². The van der Waals surface area contributed by atoms with Crippen LogP contribution in [0.3, 0.4) is 0 Å². The fourth-order valence-electron chi connectivity index (χ4n) is 0.447. The van der Waals surface area contributed by atoms with Crippen LogP contribution in [0.4, 0.5) is 0 Å². The molecule has 0 N–H and O–H groups in total. The number of rotatable bonds is 1. The predicted octanol–water partition coefficient (Wildman–Crippen LogP) is 1.46. The van der Waals surface area contributed by atoms with Crippen molar-refractivity contribution in [2.45, 2.75) is 4.84 Å². The van der Waals surface area contributed by atoms with Gasteiger partial charge in [-0.2, -0.15) is 0 Å². The Morgan fingerprint density at radius 1 is 1.67 bits per heavy atom. The fraction of sp³-hybridized carbons (Fsp3) is 0.500. The summed E-state index contributed by atoms with van der Waals surface area (Å²) in [4.78, 5) is 9.94. The molecule has 0 fully saturated rings. The van der Waals surface area contributed by atoms with Gasteiger partial charge in [0, 0.05) is 0 Å². The molecule has 0 amide bonds. The van der Waals surface area contributed by atoms with Crippen LogP contribution in [-0.4, -0.2) is 22.1 Å². The van der Waals surface area contributed by atoms with Crippen LogP contribution in [0.2, 0.25) is 0 Å². The van der Waals surface area contributed by atoms with E-state index >= 15 is 0 Å². The highest BCUT2D eigenvalue weighted by atomic mass is 35.5. The lowest BCUT2D eigenvalue weighted by Gasteiger charge is -1.93. The zero-order chi connectivity index (χ0) is 6.85. The van der Waals surface area contributed by atoms with Crippen molar-refractivity contribution >= 4 is 46.6 Å². The molecule has 0 spiro atoms. The van der Waals surface area contributed by atoms with Gasteiger partial charge in [-0.15, -0.1) is 0 Å². The molecule has 5 heteroatoms. The van der Waals surface area contributed by atoms with Gasteiger partial charge in [-0.05, 0) is 11.9 Å². The van der Waals surface area contributed by atoms with Crippen molar-refractivity contribution in [2.24, 2.45) is 4.40 Å². The van der Waals surface area contributed by atoms with E-state index < -0.39 is 4.84 Å². The van der Waals surface area contributed by atoms with Gasteiger partial charge in [-0.1, -0.05) is 23.2 Å². The Bertz CT molecular complexity index is 168. The quantitative estimate of drug-likeness (QED) is 0.456. The van der Waals surface area contributed by atoms with E-state index in [0.29, 0.717) is 5.75 Å². The summed E-state index contributed by atoms with van der Waals surface area (Å²) in [5, 5.41) is 0. The molecule has 1 heterocycles. The van der Waals surface area contributed by atoms with Crippen molar-refractivity contribution in [3.63, 3.8) is 0 Å². The van der Waals surface area contributed by atoms with Crippen molar-refractivity contribution in [3.8, 4) is 0 Å². The molecule has 0 unspecified atom stereocenters. The molecule has 0 aromatic carbocycles. The largest absolute Gasteiger partial charge is 0.292 e. The summed E-state index contributed by atoms with van der Waals surface area (Å²) in [5.74, 6) is 0.320. The summed E-state index contributed by atoms with van der Waals surface area (Å²) in [5.41, 5.74) is 0.281. The Hall–Kier alpha value is 0.270. The lowest BCUT2D eigenvalue weighted by atomic mass is 10.3. The molecule has 0 bridgehead atoms. The molecular formula is C4H3Cl2NOS. The molecule has 0 radical (unpaired) electrons. The van der Waals surface area contributed by atoms with Crippen LogP contribution in [0, 0.1) is 0 Å². The summed E-state index contributed by atoms with van der Waals surface area (Å²) in [7, 11) is 0. The van der Waals surface area contributed by atoms with Crippen LogP contribution in [-0.2, 0) is 4.79 Å². The van der Waals surface area contributed by atoms with E-state index in [1.807, 2.05) is 0 Å². The smallest absolute Gasteiger partial charge is 0.192 e. The molecule has 0 aliphatic carbocycles.